The van der Waals surface area contributed by atoms with Crippen LogP contribution >= 0.6 is 0 Å². The summed E-state index contributed by atoms with van der Waals surface area (Å²) in [5.74, 6) is 0.832. The van der Waals surface area contributed by atoms with Crippen LogP contribution in [0.1, 0.15) is 38.8 Å². The molecule has 3 aromatic rings. The first-order valence-corrected chi connectivity index (χ1v) is 11.1. The van der Waals surface area contributed by atoms with E-state index >= 15 is 0 Å². The number of hydrogen-bond acceptors (Lipinski definition) is 4. The SMILES string of the molecule is CCN1c2cc(OC)c(C=Nc3ccc(Nc4ccccc4)cc3)cc2C(C)=CC1(C)C. The highest BCUT2D eigenvalue weighted by atomic mass is 16.5. The average molecular weight is 426 g/mol. The number of fused-ring (bicyclic) bond motifs is 1. The minimum absolute atomic E-state index is 0.0258. The number of benzene rings is 3. The van der Waals surface area contributed by atoms with Gasteiger partial charge < -0.3 is 15.0 Å². The minimum Gasteiger partial charge on any atom is -0.496 e. The second kappa shape index (κ2) is 8.91. The first kappa shape index (κ1) is 21.7. The molecule has 4 nitrogen and oxygen atoms in total. The Bertz CT molecular complexity index is 1150. The lowest BCUT2D eigenvalue weighted by molar-refractivity contribution is 0.413. The van der Waals surface area contributed by atoms with E-state index < -0.39 is 0 Å². The molecule has 1 N–H and O–H groups in total. The number of likely N-dealkylation sites (N-methyl/N-ethyl adjacent to an activating group) is 1. The van der Waals surface area contributed by atoms with Gasteiger partial charge in [0.05, 0.1) is 18.3 Å². The molecule has 0 amide bonds. The highest BCUT2D eigenvalue weighted by Gasteiger charge is 2.31. The van der Waals surface area contributed by atoms with E-state index in [9.17, 15) is 0 Å². The van der Waals surface area contributed by atoms with Gasteiger partial charge in [-0.2, -0.15) is 0 Å². The Morgan fingerprint density at radius 2 is 1.69 bits per heavy atom. The largest absolute Gasteiger partial charge is 0.496 e. The van der Waals surface area contributed by atoms with Crippen LogP contribution in [0.5, 0.6) is 5.75 Å². The van der Waals surface area contributed by atoms with Crippen LogP contribution in [0.3, 0.4) is 0 Å². The zero-order chi connectivity index (χ0) is 22.7. The normalized spacial score (nSPS) is 14.8. The van der Waals surface area contributed by atoms with E-state index in [1.54, 1.807) is 7.11 Å². The maximum atomic E-state index is 5.73. The van der Waals surface area contributed by atoms with Crippen LogP contribution in [-0.4, -0.2) is 25.4 Å². The van der Waals surface area contributed by atoms with Crippen LogP contribution in [-0.2, 0) is 0 Å². The Hall–Kier alpha value is -3.53. The fraction of sp³-hybridized carbons (Fsp3) is 0.250. The van der Waals surface area contributed by atoms with E-state index in [0.29, 0.717) is 0 Å². The fourth-order valence-corrected chi connectivity index (χ4v) is 4.44. The van der Waals surface area contributed by atoms with Crippen LogP contribution in [0.15, 0.2) is 77.8 Å². The summed E-state index contributed by atoms with van der Waals surface area (Å²) < 4.78 is 5.73. The van der Waals surface area contributed by atoms with Crippen molar-refractivity contribution in [2.75, 3.05) is 23.9 Å². The van der Waals surface area contributed by atoms with E-state index in [-0.39, 0.29) is 5.54 Å². The van der Waals surface area contributed by atoms with Crippen LogP contribution < -0.4 is 15.0 Å². The summed E-state index contributed by atoms with van der Waals surface area (Å²) in [6, 6.07) is 22.6. The number of ether oxygens (including phenoxy) is 1. The summed E-state index contributed by atoms with van der Waals surface area (Å²) in [4.78, 5) is 7.12. The lowest BCUT2D eigenvalue weighted by Gasteiger charge is -2.43. The zero-order valence-electron chi connectivity index (χ0n) is 19.5. The average Bonchev–Trinajstić information content (AvgIpc) is 2.78. The van der Waals surface area contributed by atoms with Crippen LogP contribution in [0.4, 0.5) is 22.7 Å². The number of allylic oxidation sites excluding steroid dienone is 1. The highest BCUT2D eigenvalue weighted by molar-refractivity contribution is 5.92. The molecule has 4 rings (SSSR count). The second-order valence-corrected chi connectivity index (χ2v) is 8.63. The van der Waals surface area contributed by atoms with E-state index in [0.717, 1.165) is 34.9 Å². The molecular weight excluding hydrogens is 394 g/mol. The Kier molecular flexibility index (Phi) is 6.04. The van der Waals surface area contributed by atoms with Crippen molar-refractivity contribution >= 4 is 34.5 Å². The Labute approximate surface area is 191 Å². The monoisotopic (exact) mass is 425 g/mol. The van der Waals surface area contributed by atoms with Crippen molar-refractivity contribution in [3.8, 4) is 5.75 Å². The van der Waals surface area contributed by atoms with Crippen molar-refractivity contribution in [1.82, 2.24) is 0 Å². The Morgan fingerprint density at radius 3 is 2.34 bits per heavy atom. The predicted octanol–water partition coefficient (Wildman–Crippen LogP) is 7.21. The van der Waals surface area contributed by atoms with Crippen LogP contribution in [0, 0.1) is 0 Å². The molecule has 0 unspecified atom stereocenters. The van der Waals surface area contributed by atoms with Crippen LogP contribution in [0.2, 0.25) is 0 Å². The third-order valence-corrected chi connectivity index (χ3v) is 5.93. The van der Waals surface area contributed by atoms with Gasteiger partial charge in [0.2, 0.25) is 0 Å². The van der Waals surface area contributed by atoms with E-state index in [1.807, 2.05) is 60.8 Å². The number of nitrogens with one attached hydrogen (secondary N) is 1. The minimum atomic E-state index is -0.0258. The quantitative estimate of drug-likeness (QED) is 0.424. The van der Waals surface area contributed by atoms with Gasteiger partial charge >= 0.3 is 0 Å². The molecule has 164 valence electrons. The number of anilines is 3. The summed E-state index contributed by atoms with van der Waals surface area (Å²) >= 11 is 0. The maximum absolute atomic E-state index is 5.73. The topological polar surface area (TPSA) is 36.9 Å². The van der Waals surface area contributed by atoms with Gasteiger partial charge in [-0.3, -0.25) is 4.99 Å². The van der Waals surface area contributed by atoms with Crippen molar-refractivity contribution in [3.05, 3.63) is 83.9 Å². The summed E-state index contributed by atoms with van der Waals surface area (Å²) in [5.41, 5.74) is 7.66. The summed E-state index contributed by atoms with van der Waals surface area (Å²) in [5, 5.41) is 3.40. The number of rotatable bonds is 6. The van der Waals surface area contributed by atoms with Crippen molar-refractivity contribution in [1.29, 1.82) is 0 Å². The second-order valence-electron chi connectivity index (χ2n) is 8.63. The Morgan fingerprint density at radius 1 is 1.00 bits per heavy atom. The first-order chi connectivity index (χ1) is 15.4. The lowest BCUT2D eigenvalue weighted by atomic mass is 9.88. The molecule has 0 radical (unpaired) electrons. The molecule has 0 saturated carbocycles. The van der Waals surface area contributed by atoms with Gasteiger partial charge in [0.25, 0.3) is 0 Å². The molecule has 1 heterocycles. The smallest absolute Gasteiger partial charge is 0.129 e. The van der Waals surface area contributed by atoms with Crippen molar-refractivity contribution in [2.45, 2.75) is 33.2 Å². The van der Waals surface area contributed by atoms with Crippen LogP contribution in [0.25, 0.3) is 5.57 Å². The standard InChI is InChI=1S/C28H31N3O/c1-6-31-26-17-27(32-5)21(16-25(26)20(2)18-28(31,3)4)19-29-22-12-14-24(15-13-22)30-23-10-8-7-9-11-23/h7-19,30H,6H2,1-5H3. The van der Waals surface area contributed by atoms with Crippen molar-refractivity contribution in [2.24, 2.45) is 4.99 Å². The zero-order valence-corrected chi connectivity index (χ0v) is 19.5. The number of hydrogen-bond donors (Lipinski definition) is 1. The molecule has 3 aromatic carbocycles. The summed E-state index contributed by atoms with van der Waals surface area (Å²) in [6.07, 6.45) is 4.23. The van der Waals surface area contributed by atoms with Gasteiger partial charge in [0.15, 0.2) is 0 Å². The predicted molar refractivity (Wildman–Crippen MR) is 137 cm³/mol. The molecule has 0 aromatic heterocycles. The molecule has 0 fully saturated rings. The van der Waals surface area contributed by atoms with Gasteiger partial charge in [-0.1, -0.05) is 24.3 Å². The van der Waals surface area contributed by atoms with Gasteiger partial charge in [0, 0.05) is 47.0 Å². The number of methoxy groups -OCH3 is 1. The number of nitrogens with zero attached hydrogens (tertiary/aromatic N) is 2. The summed E-state index contributed by atoms with van der Waals surface area (Å²) in [6.45, 7) is 9.81. The molecule has 0 atom stereocenters. The van der Waals surface area contributed by atoms with E-state index in [2.05, 4.69) is 56.1 Å². The molecule has 0 spiro atoms. The third-order valence-electron chi connectivity index (χ3n) is 5.93. The number of para-hydroxylation sites is 1. The van der Waals surface area contributed by atoms with Gasteiger partial charge in [0.1, 0.15) is 5.75 Å². The molecule has 1 aliphatic heterocycles. The van der Waals surface area contributed by atoms with Crippen molar-refractivity contribution in [3.63, 3.8) is 0 Å². The molecule has 0 saturated heterocycles. The van der Waals surface area contributed by atoms with Gasteiger partial charge in [-0.05, 0) is 75.7 Å². The molecular formula is C28H31N3O. The number of aliphatic imine (C=N–C) groups is 1. The Balaban J connectivity index is 1.60. The molecule has 0 aliphatic carbocycles. The highest BCUT2D eigenvalue weighted by Crippen LogP contribution is 2.41. The third kappa shape index (κ3) is 4.40. The lowest BCUT2D eigenvalue weighted by Crippen LogP contribution is -2.44. The molecule has 32 heavy (non-hydrogen) atoms. The summed E-state index contributed by atoms with van der Waals surface area (Å²) in [7, 11) is 1.72. The van der Waals surface area contributed by atoms with E-state index in [4.69, 9.17) is 9.73 Å². The molecule has 1 aliphatic rings. The maximum Gasteiger partial charge on any atom is 0.129 e. The van der Waals surface area contributed by atoms with E-state index in [1.165, 1.54) is 16.8 Å². The van der Waals surface area contributed by atoms with Gasteiger partial charge in [-0.25, -0.2) is 0 Å². The first-order valence-electron chi connectivity index (χ1n) is 11.1. The molecule has 0 bridgehead atoms. The fourth-order valence-electron chi connectivity index (χ4n) is 4.44. The molecule has 4 heteroatoms. The van der Waals surface area contributed by atoms with Crippen molar-refractivity contribution < 1.29 is 4.74 Å². The van der Waals surface area contributed by atoms with Gasteiger partial charge in [-0.15, -0.1) is 0 Å².